The molecule has 0 aliphatic carbocycles. The number of benzene rings is 1. The van der Waals surface area contributed by atoms with Crippen molar-refractivity contribution in [2.24, 2.45) is 0 Å². The lowest BCUT2D eigenvalue weighted by Crippen LogP contribution is -2.58. The first kappa shape index (κ1) is 15.0. The van der Waals surface area contributed by atoms with Crippen LogP contribution in [0.4, 0.5) is 0 Å². The lowest BCUT2D eigenvalue weighted by atomic mass is 9.80. The van der Waals surface area contributed by atoms with Crippen LogP contribution >= 0.6 is 0 Å². The molecule has 1 aliphatic rings. The maximum absolute atomic E-state index is 12.6. The van der Waals surface area contributed by atoms with Crippen LogP contribution < -0.4 is 0 Å². The van der Waals surface area contributed by atoms with Gasteiger partial charge in [-0.25, -0.2) is 0 Å². The summed E-state index contributed by atoms with van der Waals surface area (Å²) in [6, 6.07) is 5.96. The Kier molecular flexibility index (Phi) is 3.99. The van der Waals surface area contributed by atoms with Crippen LogP contribution in [0.15, 0.2) is 30.3 Å². The fourth-order valence-electron chi connectivity index (χ4n) is 2.31. The molecule has 3 atom stereocenters. The zero-order chi connectivity index (χ0) is 15.6. The van der Waals surface area contributed by atoms with Crippen LogP contribution in [0.25, 0.3) is 0 Å². The topological polar surface area (TPSA) is 116 Å². The number of carbonyl (C=O) groups excluding carboxylic acids is 1. The van der Waals surface area contributed by atoms with Crippen LogP contribution in [0, 0.1) is 20.2 Å². The van der Waals surface area contributed by atoms with Crippen molar-refractivity contribution in [1.29, 1.82) is 0 Å². The van der Waals surface area contributed by atoms with Gasteiger partial charge in [-0.3, -0.25) is 25.0 Å². The highest BCUT2D eigenvalue weighted by atomic mass is 16.6. The molecular formula is C13H14N2O6. The summed E-state index contributed by atoms with van der Waals surface area (Å²) in [6.07, 6.45) is -0.777. The van der Waals surface area contributed by atoms with Crippen molar-refractivity contribution < 1.29 is 19.4 Å². The minimum atomic E-state index is -2.31. The lowest BCUT2D eigenvalue weighted by Gasteiger charge is -2.24. The van der Waals surface area contributed by atoms with Gasteiger partial charge in [0, 0.05) is 22.3 Å². The molecule has 21 heavy (non-hydrogen) atoms. The SMILES string of the molecule is CC([N+](=O)[O-])C(CC1CO1)(C(=O)c1ccccc1)[N+](=O)[O-]. The van der Waals surface area contributed by atoms with Gasteiger partial charge in [0.15, 0.2) is 0 Å². The molecule has 1 heterocycles. The van der Waals surface area contributed by atoms with E-state index in [-0.39, 0.29) is 18.6 Å². The highest BCUT2D eigenvalue weighted by Gasteiger charge is 2.64. The van der Waals surface area contributed by atoms with Gasteiger partial charge < -0.3 is 4.74 Å². The minimum absolute atomic E-state index is 0.0866. The van der Waals surface area contributed by atoms with E-state index in [9.17, 15) is 25.0 Å². The quantitative estimate of drug-likeness (QED) is 0.324. The second-order valence-corrected chi connectivity index (χ2v) is 5.00. The first-order chi connectivity index (χ1) is 9.89. The molecule has 0 aromatic heterocycles. The molecule has 0 saturated carbocycles. The molecule has 8 heteroatoms. The van der Waals surface area contributed by atoms with Crippen molar-refractivity contribution in [2.45, 2.75) is 31.0 Å². The number of hydrogen-bond donors (Lipinski definition) is 0. The van der Waals surface area contributed by atoms with E-state index in [1.54, 1.807) is 18.2 Å². The Morgan fingerprint density at radius 1 is 1.38 bits per heavy atom. The van der Waals surface area contributed by atoms with Gasteiger partial charge in [-0.15, -0.1) is 0 Å². The second kappa shape index (κ2) is 5.57. The van der Waals surface area contributed by atoms with Gasteiger partial charge in [-0.05, 0) is 0 Å². The molecule has 0 radical (unpaired) electrons. The zero-order valence-corrected chi connectivity index (χ0v) is 11.3. The van der Waals surface area contributed by atoms with E-state index in [0.717, 1.165) is 6.92 Å². The maximum atomic E-state index is 12.6. The number of ether oxygens (including phenoxy) is 1. The van der Waals surface area contributed by atoms with Gasteiger partial charge in [0.05, 0.1) is 19.1 Å². The van der Waals surface area contributed by atoms with E-state index in [4.69, 9.17) is 4.74 Å². The van der Waals surface area contributed by atoms with Gasteiger partial charge >= 0.3 is 5.54 Å². The molecule has 1 aromatic rings. The predicted octanol–water partition coefficient (Wildman–Crippen LogP) is 1.34. The number of nitrogens with zero attached hydrogens (tertiary/aromatic N) is 2. The first-order valence-electron chi connectivity index (χ1n) is 6.39. The summed E-state index contributed by atoms with van der Waals surface area (Å²) in [5.74, 6) is -0.854. The number of hydrogen-bond acceptors (Lipinski definition) is 6. The standard InChI is InChI=1S/C13H14N2O6/c1-9(14(17)18)13(15(19)20,7-11-8-21-11)12(16)10-5-3-2-4-6-10/h2-6,9,11H,7-8H2,1H3. The third-order valence-corrected chi connectivity index (χ3v) is 3.70. The number of Topliss-reactive ketones (excluding diaryl/α,β-unsaturated/α-hetero) is 1. The van der Waals surface area contributed by atoms with Crippen molar-refractivity contribution >= 4 is 5.78 Å². The second-order valence-electron chi connectivity index (χ2n) is 5.00. The minimum Gasteiger partial charge on any atom is -0.373 e. The van der Waals surface area contributed by atoms with Crippen LogP contribution in [0.3, 0.4) is 0 Å². The Morgan fingerprint density at radius 2 is 1.95 bits per heavy atom. The van der Waals surface area contributed by atoms with Crippen LogP contribution in [0.1, 0.15) is 23.7 Å². The van der Waals surface area contributed by atoms with Gasteiger partial charge in [0.2, 0.25) is 5.78 Å². The Hall–Kier alpha value is -2.35. The maximum Gasteiger partial charge on any atom is 0.351 e. The molecule has 1 aromatic carbocycles. The Morgan fingerprint density at radius 3 is 2.38 bits per heavy atom. The molecular weight excluding hydrogens is 280 g/mol. The Bertz CT molecular complexity index is 571. The van der Waals surface area contributed by atoms with E-state index >= 15 is 0 Å². The molecule has 0 N–H and O–H groups in total. The zero-order valence-electron chi connectivity index (χ0n) is 11.3. The number of epoxide rings is 1. The summed E-state index contributed by atoms with van der Waals surface area (Å²) in [6.45, 7) is 1.37. The summed E-state index contributed by atoms with van der Waals surface area (Å²) in [5.41, 5.74) is -2.23. The fourth-order valence-corrected chi connectivity index (χ4v) is 2.31. The van der Waals surface area contributed by atoms with Crippen LogP contribution in [0.2, 0.25) is 0 Å². The number of ketones is 1. The first-order valence-corrected chi connectivity index (χ1v) is 6.39. The van der Waals surface area contributed by atoms with Crippen LogP contribution in [0.5, 0.6) is 0 Å². The lowest BCUT2D eigenvalue weighted by molar-refractivity contribution is -0.636. The summed E-state index contributed by atoms with van der Waals surface area (Å²) in [4.78, 5) is 33.7. The molecule has 3 unspecified atom stereocenters. The van der Waals surface area contributed by atoms with Crippen molar-refractivity contribution in [3.05, 3.63) is 56.1 Å². The van der Waals surface area contributed by atoms with Gasteiger partial charge in [0.1, 0.15) is 0 Å². The van der Waals surface area contributed by atoms with Gasteiger partial charge in [-0.1, -0.05) is 30.3 Å². The molecule has 1 saturated heterocycles. The summed E-state index contributed by atoms with van der Waals surface area (Å²) in [5, 5.41) is 22.7. The number of rotatable bonds is 7. The average molecular weight is 294 g/mol. The predicted molar refractivity (Wildman–Crippen MR) is 71.3 cm³/mol. The fraction of sp³-hybridized carbons (Fsp3) is 0.462. The smallest absolute Gasteiger partial charge is 0.351 e. The highest BCUT2D eigenvalue weighted by molar-refractivity contribution is 6.02. The van der Waals surface area contributed by atoms with Crippen molar-refractivity contribution in [3.63, 3.8) is 0 Å². The number of carbonyl (C=O) groups is 1. The molecule has 8 nitrogen and oxygen atoms in total. The molecule has 2 rings (SSSR count). The summed E-state index contributed by atoms with van der Waals surface area (Å²) in [7, 11) is 0. The largest absolute Gasteiger partial charge is 0.373 e. The highest BCUT2D eigenvalue weighted by Crippen LogP contribution is 2.33. The van der Waals surface area contributed by atoms with E-state index in [0.29, 0.717) is 0 Å². The molecule has 0 amide bonds. The van der Waals surface area contributed by atoms with E-state index in [1.165, 1.54) is 12.1 Å². The molecule has 0 spiro atoms. The molecule has 1 aliphatic heterocycles. The van der Waals surface area contributed by atoms with Crippen LogP contribution in [-0.2, 0) is 4.74 Å². The van der Waals surface area contributed by atoms with Crippen molar-refractivity contribution in [1.82, 2.24) is 0 Å². The molecule has 0 bridgehead atoms. The summed E-state index contributed by atoms with van der Waals surface area (Å²) >= 11 is 0. The van der Waals surface area contributed by atoms with E-state index in [1.807, 2.05) is 0 Å². The average Bonchev–Trinajstić information content (AvgIpc) is 3.27. The van der Waals surface area contributed by atoms with Crippen molar-refractivity contribution in [3.8, 4) is 0 Å². The van der Waals surface area contributed by atoms with E-state index < -0.39 is 33.3 Å². The number of nitro groups is 2. The molecule has 112 valence electrons. The molecule has 1 fully saturated rings. The van der Waals surface area contributed by atoms with Crippen LogP contribution in [-0.4, -0.2) is 39.9 Å². The van der Waals surface area contributed by atoms with Gasteiger partial charge in [0.25, 0.3) is 6.04 Å². The third-order valence-electron chi connectivity index (χ3n) is 3.70. The Labute approximate surface area is 120 Å². The summed E-state index contributed by atoms with van der Waals surface area (Å²) < 4.78 is 4.95. The third kappa shape index (κ3) is 2.75. The normalized spacial score (nSPS) is 21.1. The monoisotopic (exact) mass is 294 g/mol. The van der Waals surface area contributed by atoms with Gasteiger partial charge in [-0.2, -0.15) is 0 Å². The van der Waals surface area contributed by atoms with E-state index in [2.05, 4.69) is 0 Å². The Balaban J connectivity index is 2.49. The van der Waals surface area contributed by atoms with Crippen molar-refractivity contribution in [2.75, 3.05) is 6.61 Å².